The first kappa shape index (κ1) is 17.0. The number of rotatable bonds is 4. The average molecular weight is 321 g/mol. The van der Waals surface area contributed by atoms with Crippen molar-refractivity contribution in [2.75, 3.05) is 33.0 Å². The number of benzene rings is 1. The second-order valence-corrected chi connectivity index (χ2v) is 7.20. The van der Waals surface area contributed by atoms with Crippen LogP contribution in [0.5, 0.6) is 5.75 Å². The van der Waals surface area contributed by atoms with E-state index in [1.54, 1.807) is 7.11 Å². The van der Waals surface area contributed by atoms with E-state index in [1.165, 1.54) is 11.3 Å². The number of aliphatic imine (C=N–C) groups is 1. The molecule has 1 N–H and O–H groups in total. The fraction of sp³-hybridized carbons (Fsp3) is 0.588. The Morgan fingerprint density at radius 2 is 2.32 bits per heavy atom. The number of thioether (sulfide) groups is 1. The minimum Gasteiger partial charge on any atom is -0.497 e. The summed E-state index contributed by atoms with van der Waals surface area (Å²) in [5.74, 6) is 3.75. The van der Waals surface area contributed by atoms with Gasteiger partial charge in [0, 0.05) is 37.7 Å². The van der Waals surface area contributed by atoms with Gasteiger partial charge < -0.3 is 15.0 Å². The van der Waals surface area contributed by atoms with Gasteiger partial charge in [-0.15, -0.1) is 0 Å². The standard InChI is InChI=1S/C17H27N3OS/c1-13(2)16-12-20(8-9-22-16)17(18-3)19-11-14-6-5-7-15(10-14)21-4/h5-7,10,13,16H,8-9,11-12H2,1-4H3,(H,18,19). The van der Waals surface area contributed by atoms with Crippen LogP contribution in [-0.4, -0.2) is 49.1 Å². The summed E-state index contributed by atoms with van der Waals surface area (Å²) in [6.45, 7) is 7.49. The topological polar surface area (TPSA) is 36.9 Å². The van der Waals surface area contributed by atoms with Crippen molar-refractivity contribution in [2.45, 2.75) is 25.6 Å². The third kappa shape index (κ3) is 4.57. The Hall–Kier alpha value is -1.36. The molecule has 1 aromatic carbocycles. The van der Waals surface area contributed by atoms with Crippen molar-refractivity contribution < 1.29 is 4.74 Å². The molecule has 1 saturated heterocycles. The van der Waals surface area contributed by atoms with Crippen LogP contribution in [-0.2, 0) is 6.54 Å². The number of guanidine groups is 1. The Balaban J connectivity index is 1.94. The summed E-state index contributed by atoms with van der Waals surface area (Å²) in [4.78, 5) is 6.83. The molecule has 1 unspecified atom stereocenters. The van der Waals surface area contributed by atoms with Gasteiger partial charge in [-0.1, -0.05) is 26.0 Å². The van der Waals surface area contributed by atoms with Crippen molar-refractivity contribution in [1.29, 1.82) is 0 Å². The van der Waals surface area contributed by atoms with E-state index in [9.17, 15) is 0 Å². The molecule has 1 atom stereocenters. The largest absolute Gasteiger partial charge is 0.497 e. The number of hydrogen-bond acceptors (Lipinski definition) is 3. The lowest BCUT2D eigenvalue weighted by molar-refractivity contribution is 0.380. The van der Waals surface area contributed by atoms with Crippen molar-refractivity contribution in [3.63, 3.8) is 0 Å². The summed E-state index contributed by atoms with van der Waals surface area (Å²) in [5.41, 5.74) is 1.20. The SMILES string of the molecule is CN=C(NCc1cccc(OC)c1)N1CCSC(C(C)C)C1. The van der Waals surface area contributed by atoms with E-state index in [-0.39, 0.29) is 0 Å². The van der Waals surface area contributed by atoms with Gasteiger partial charge in [0.15, 0.2) is 5.96 Å². The molecule has 0 radical (unpaired) electrons. The first-order chi connectivity index (χ1) is 10.6. The van der Waals surface area contributed by atoms with Crippen LogP contribution in [0.2, 0.25) is 0 Å². The van der Waals surface area contributed by atoms with E-state index in [0.717, 1.165) is 31.3 Å². The van der Waals surface area contributed by atoms with Gasteiger partial charge in [-0.05, 0) is 23.6 Å². The van der Waals surface area contributed by atoms with Crippen molar-refractivity contribution in [3.8, 4) is 5.75 Å². The van der Waals surface area contributed by atoms with Gasteiger partial charge in [-0.2, -0.15) is 11.8 Å². The molecular weight excluding hydrogens is 294 g/mol. The zero-order chi connectivity index (χ0) is 15.9. The summed E-state index contributed by atoms with van der Waals surface area (Å²) in [7, 11) is 3.56. The molecular formula is C17H27N3OS. The number of methoxy groups -OCH3 is 1. The molecule has 0 aromatic heterocycles. The molecule has 1 aliphatic heterocycles. The molecule has 1 heterocycles. The summed E-state index contributed by atoms with van der Waals surface area (Å²) in [5, 5.41) is 4.16. The molecule has 1 aromatic rings. The second-order valence-electron chi connectivity index (χ2n) is 5.85. The first-order valence-electron chi connectivity index (χ1n) is 7.84. The van der Waals surface area contributed by atoms with Gasteiger partial charge in [0.05, 0.1) is 7.11 Å². The molecule has 0 aliphatic carbocycles. The third-order valence-electron chi connectivity index (χ3n) is 3.93. The van der Waals surface area contributed by atoms with Crippen LogP contribution >= 0.6 is 11.8 Å². The van der Waals surface area contributed by atoms with Crippen LogP contribution in [0.4, 0.5) is 0 Å². The maximum absolute atomic E-state index is 5.27. The van der Waals surface area contributed by atoms with Crippen molar-refractivity contribution in [1.82, 2.24) is 10.2 Å². The summed E-state index contributed by atoms with van der Waals surface area (Å²) in [6.07, 6.45) is 0. The Bertz CT molecular complexity index is 504. The molecule has 4 nitrogen and oxygen atoms in total. The monoisotopic (exact) mass is 321 g/mol. The van der Waals surface area contributed by atoms with Crippen LogP contribution in [0, 0.1) is 5.92 Å². The summed E-state index contributed by atoms with van der Waals surface area (Å²) < 4.78 is 5.27. The Kier molecular flexibility index (Phi) is 6.43. The van der Waals surface area contributed by atoms with Crippen LogP contribution in [0.3, 0.4) is 0 Å². The molecule has 22 heavy (non-hydrogen) atoms. The Morgan fingerprint density at radius 3 is 3.00 bits per heavy atom. The van der Waals surface area contributed by atoms with Crippen molar-refractivity contribution in [2.24, 2.45) is 10.9 Å². The van der Waals surface area contributed by atoms with Crippen LogP contribution in [0.15, 0.2) is 29.3 Å². The van der Waals surface area contributed by atoms with E-state index >= 15 is 0 Å². The predicted octanol–water partition coefficient (Wildman–Crippen LogP) is 2.84. The lowest BCUT2D eigenvalue weighted by Gasteiger charge is -2.36. The van der Waals surface area contributed by atoms with Gasteiger partial charge in [0.1, 0.15) is 5.75 Å². The summed E-state index contributed by atoms with van der Waals surface area (Å²) >= 11 is 2.08. The summed E-state index contributed by atoms with van der Waals surface area (Å²) in [6, 6.07) is 8.15. The van der Waals surface area contributed by atoms with E-state index < -0.39 is 0 Å². The number of nitrogens with one attached hydrogen (secondary N) is 1. The molecule has 122 valence electrons. The number of hydrogen-bond donors (Lipinski definition) is 1. The van der Waals surface area contributed by atoms with Crippen LogP contribution in [0.1, 0.15) is 19.4 Å². The minimum atomic E-state index is 0.684. The molecule has 0 saturated carbocycles. The average Bonchev–Trinajstić information content (AvgIpc) is 2.56. The Morgan fingerprint density at radius 1 is 1.50 bits per heavy atom. The molecule has 0 bridgehead atoms. The van der Waals surface area contributed by atoms with Gasteiger partial charge in [-0.3, -0.25) is 4.99 Å². The minimum absolute atomic E-state index is 0.684. The highest BCUT2D eigenvalue weighted by Crippen LogP contribution is 2.24. The normalized spacial score (nSPS) is 19.4. The smallest absolute Gasteiger partial charge is 0.193 e. The zero-order valence-corrected chi connectivity index (χ0v) is 14.8. The highest BCUT2D eigenvalue weighted by atomic mass is 32.2. The second kappa shape index (κ2) is 8.32. The molecule has 5 heteroatoms. The van der Waals surface area contributed by atoms with Crippen molar-refractivity contribution >= 4 is 17.7 Å². The van der Waals surface area contributed by atoms with Crippen LogP contribution in [0.25, 0.3) is 0 Å². The highest BCUT2D eigenvalue weighted by molar-refractivity contribution is 8.00. The molecule has 0 spiro atoms. The highest BCUT2D eigenvalue weighted by Gasteiger charge is 2.24. The van der Waals surface area contributed by atoms with Gasteiger partial charge in [0.2, 0.25) is 0 Å². The number of ether oxygens (including phenoxy) is 1. The molecule has 1 aliphatic rings. The number of nitrogens with zero attached hydrogens (tertiary/aromatic N) is 2. The lowest BCUT2D eigenvalue weighted by atomic mass is 10.1. The predicted molar refractivity (Wildman–Crippen MR) is 95.8 cm³/mol. The molecule has 0 amide bonds. The zero-order valence-electron chi connectivity index (χ0n) is 14.0. The maximum atomic E-state index is 5.27. The van der Waals surface area contributed by atoms with Crippen LogP contribution < -0.4 is 10.1 Å². The quantitative estimate of drug-likeness (QED) is 0.683. The Labute approximate surface area is 138 Å². The van der Waals surface area contributed by atoms with Gasteiger partial charge in [0.25, 0.3) is 0 Å². The fourth-order valence-electron chi connectivity index (χ4n) is 2.57. The molecule has 1 fully saturated rings. The van der Waals surface area contributed by atoms with E-state index in [2.05, 4.69) is 53.0 Å². The first-order valence-corrected chi connectivity index (χ1v) is 8.89. The van der Waals surface area contributed by atoms with Gasteiger partial charge in [-0.25, -0.2) is 0 Å². The lowest BCUT2D eigenvalue weighted by Crippen LogP contribution is -2.48. The maximum Gasteiger partial charge on any atom is 0.193 e. The van der Waals surface area contributed by atoms with Crippen molar-refractivity contribution in [3.05, 3.63) is 29.8 Å². The van der Waals surface area contributed by atoms with E-state index in [4.69, 9.17) is 4.74 Å². The third-order valence-corrected chi connectivity index (χ3v) is 5.47. The van der Waals surface area contributed by atoms with E-state index in [0.29, 0.717) is 11.2 Å². The van der Waals surface area contributed by atoms with E-state index in [1.807, 2.05) is 19.2 Å². The molecule has 2 rings (SSSR count). The van der Waals surface area contributed by atoms with Gasteiger partial charge >= 0.3 is 0 Å². The fourth-order valence-corrected chi connectivity index (χ4v) is 3.87.